The van der Waals surface area contributed by atoms with E-state index in [9.17, 15) is 9.59 Å². The second-order valence-electron chi connectivity index (χ2n) is 5.69. The zero-order valence-corrected chi connectivity index (χ0v) is 13.8. The van der Waals surface area contributed by atoms with Crippen molar-refractivity contribution in [3.8, 4) is 5.75 Å². The number of aromatic nitrogens is 2. The van der Waals surface area contributed by atoms with E-state index in [1.165, 1.54) is 12.4 Å². The zero-order chi connectivity index (χ0) is 17.8. The number of amides is 2. The second kappa shape index (κ2) is 7.16. The highest BCUT2D eigenvalue weighted by molar-refractivity contribution is 6.04. The first-order valence-corrected chi connectivity index (χ1v) is 7.89. The van der Waals surface area contributed by atoms with Crippen LogP contribution in [0.15, 0.2) is 36.7 Å². The normalized spacial score (nSPS) is 16.5. The van der Waals surface area contributed by atoms with E-state index in [-0.39, 0.29) is 17.4 Å². The van der Waals surface area contributed by atoms with Gasteiger partial charge in [-0.05, 0) is 18.6 Å². The van der Waals surface area contributed by atoms with E-state index in [0.717, 1.165) is 24.4 Å². The molecule has 1 aromatic heterocycles. The lowest BCUT2D eigenvalue weighted by molar-refractivity contribution is 0.0917. The Morgan fingerprint density at radius 1 is 1.24 bits per heavy atom. The average molecular weight is 341 g/mol. The number of ether oxygens (including phenoxy) is 1. The predicted molar refractivity (Wildman–Crippen MR) is 91.6 cm³/mol. The highest BCUT2D eigenvalue weighted by Gasteiger charge is 2.27. The van der Waals surface area contributed by atoms with Crippen molar-refractivity contribution in [3.63, 3.8) is 0 Å². The van der Waals surface area contributed by atoms with E-state index < -0.39 is 11.8 Å². The molecule has 0 spiro atoms. The maximum Gasteiger partial charge on any atom is 0.272 e. The minimum Gasteiger partial charge on any atom is -0.495 e. The van der Waals surface area contributed by atoms with Gasteiger partial charge in [-0.2, -0.15) is 0 Å². The fraction of sp³-hybridized carbons (Fsp3) is 0.294. The van der Waals surface area contributed by atoms with E-state index in [0.29, 0.717) is 6.54 Å². The summed E-state index contributed by atoms with van der Waals surface area (Å²) in [6, 6.07) is 7.68. The number of rotatable bonds is 5. The number of anilines is 1. The maximum atomic E-state index is 12.4. The third-order valence-corrected chi connectivity index (χ3v) is 4.10. The van der Waals surface area contributed by atoms with Gasteiger partial charge in [-0.1, -0.05) is 12.1 Å². The van der Waals surface area contributed by atoms with Crippen LogP contribution in [0.4, 0.5) is 5.69 Å². The van der Waals surface area contributed by atoms with Crippen LogP contribution in [0, 0.1) is 0 Å². The lowest BCUT2D eigenvalue weighted by atomic mass is 10.2. The molecule has 25 heavy (non-hydrogen) atoms. The van der Waals surface area contributed by atoms with Crippen molar-refractivity contribution in [2.75, 3.05) is 25.1 Å². The SMILES string of the molecule is COc1ccccc1N1CCC(NC(=O)c2nccnc2C(N)=O)C1. The summed E-state index contributed by atoms with van der Waals surface area (Å²) in [5.74, 6) is -0.437. The quantitative estimate of drug-likeness (QED) is 0.824. The van der Waals surface area contributed by atoms with Crippen molar-refractivity contribution >= 4 is 17.5 Å². The Labute approximate surface area is 145 Å². The van der Waals surface area contributed by atoms with Gasteiger partial charge < -0.3 is 20.7 Å². The van der Waals surface area contributed by atoms with Crippen LogP contribution in [0.2, 0.25) is 0 Å². The second-order valence-corrected chi connectivity index (χ2v) is 5.69. The number of nitrogens with zero attached hydrogens (tertiary/aromatic N) is 3. The first-order valence-electron chi connectivity index (χ1n) is 7.89. The molecule has 1 aliphatic rings. The number of carbonyl (C=O) groups excluding carboxylic acids is 2. The number of primary amides is 1. The zero-order valence-electron chi connectivity index (χ0n) is 13.8. The van der Waals surface area contributed by atoms with Crippen molar-refractivity contribution in [3.05, 3.63) is 48.0 Å². The number of hydrogen-bond acceptors (Lipinski definition) is 6. The Morgan fingerprint density at radius 3 is 2.68 bits per heavy atom. The molecule has 0 aliphatic carbocycles. The fourth-order valence-electron chi connectivity index (χ4n) is 2.93. The van der Waals surface area contributed by atoms with Gasteiger partial charge >= 0.3 is 0 Å². The van der Waals surface area contributed by atoms with Crippen LogP contribution >= 0.6 is 0 Å². The summed E-state index contributed by atoms with van der Waals surface area (Å²) in [4.78, 5) is 33.7. The monoisotopic (exact) mass is 341 g/mol. The number of carbonyl (C=O) groups is 2. The molecule has 1 unspecified atom stereocenters. The van der Waals surface area contributed by atoms with Crippen LogP contribution in [0.25, 0.3) is 0 Å². The molecule has 2 amide bonds. The summed E-state index contributed by atoms with van der Waals surface area (Å²) < 4.78 is 5.39. The number of nitrogens with two attached hydrogens (primary N) is 1. The number of methoxy groups -OCH3 is 1. The van der Waals surface area contributed by atoms with Gasteiger partial charge in [0.15, 0.2) is 11.4 Å². The van der Waals surface area contributed by atoms with Gasteiger partial charge in [-0.25, -0.2) is 9.97 Å². The van der Waals surface area contributed by atoms with Gasteiger partial charge in [0.1, 0.15) is 5.75 Å². The van der Waals surface area contributed by atoms with Gasteiger partial charge in [0.25, 0.3) is 11.8 Å². The number of nitrogens with one attached hydrogen (secondary N) is 1. The maximum absolute atomic E-state index is 12.4. The summed E-state index contributed by atoms with van der Waals surface area (Å²) in [6.45, 7) is 1.42. The van der Waals surface area contributed by atoms with Crippen LogP contribution in [-0.4, -0.2) is 48.0 Å². The predicted octanol–water partition coefficient (Wildman–Crippen LogP) is 0.593. The molecule has 0 radical (unpaired) electrons. The molecule has 0 saturated carbocycles. The molecule has 130 valence electrons. The minimum absolute atomic E-state index is 0.0502. The smallest absolute Gasteiger partial charge is 0.272 e. The van der Waals surface area contributed by atoms with Crippen LogP contribution in [0.5, 0.6) is 5.75 Å². The van der Waals surface area contributed by atoms with Crippen molar-refractivity contribution in [2.24, 2.45) is 5.73 Å². The number of para-hydroxylation sites is 2. The summed E-state index contributed by atoms with van der Waals surface area (Å²) in [5, 5.41) is 2.90. The highest BCUT2D eigenvalue weighted by Crippen LogP contribution is 2.30. The lowest BCUT2D eigenvalue weighted by Crippen LogP contribution is -2.38. The van der Waals surface area contributed by atoms with Crippen molar-refractivity contribution in [1.29, 1.82) is 0 Å². The lowest BCUT2D eigenvalue weighted by Gasteiger charge is -2.21. The summed E-state index contributed by atoms with van der Waals surface area (Å²) in [6.07, 6.45) is 3.46. The standard InChI is InChI=1S/C17H19N5O3/c1-25-13-5-3-2-4-12(13)22-9-6-11(10-22)21-17(24)15-14(16(18)23)19-7-8-20-15/h2-5,7-8,11H,6,9-10H2,1H3,(H2,18,23)(H,21,24). The Balaban J connectivity index is 1.69. The fourth-order valence-corrected chi connectivity index (χ4v) is 2.93. The molecule has 1 saturated heterocycles. The molecule has 8 nitrogen and oxygen atoms in total. The molecule has 1 aliphatic heterocycles. The van der Waals surface area contributed by atoms with Crippen molar-refractivity contribution in [1.82, 2.24) is 15.3 Å². The molecule has 1 aromatic carbocycles. The van der Waals surface area contributed by atoms with E-state index >= 15 is 0 Å². The minimum atomic E-state index is -0.777. The average Bonchev–Trinajstić information content (AvgIpc) is 3.09. The highest BCUT2D eigenvalue weighted by atomic mass is 16.5. The molecule has 8 heteroatoms. The first kappa shape index (κ1) is 16.7. The largest absolute Gasteiger partial charge is 0.495 e. The van der Waals surface area contributed by atoms with Crippen LogP contribution in [0.1, 0.15) is 27.4 Å². The molecule has 3 rings (SSSR count). The molecule has 3 N–H and O–H groups in total. The van der Waals surface area contributed by atoms with Gasteiger partial charge in [0.2, 0.25) is 0 Å². The summed E-state index contributed by atoms with van der Waals surface area (Å²) >= 11 is 0. The molecule has 2 aromatic rings. The van der Waals surface area contributed by atoms with E-state index in [1.54, 1.807) is 7.11 Å². The Kier molecular flexibility index (Phi) is 4.78. The topological polar surface area (TPSA) is 110 Å². The van der Waals surface area contributed by atoms with Gasteiger partial charge in [0.05, 0.1) is 12.8 Å². The molecule has 1 fully saturated rings. The van der Waals surface area contributed by atoms with E-state index in [1.807, 2.05) is 24.3 Å². The van der Waals surface area contributed by atoms with E-state index in [4.69, 9.17) is 10.5 Å². The van der Waals surface area contributed by atoms with Crippen LogP contribution in [0.3, 0.4) is 0 Å². The summed E-state index contributed by atoms with van der Waals surface area (Å²) in [7, 11) is 1.63. The van der Waals surface area contributed by atoms with E-state index in [2.05, 4.69) is 20.2 Å². The molecule has 1 atom stereocenters. The molecule has 0 bridgehead atoms. The van der Waals surface area contributed by atoms with Gasteiger partial charge in [0, 0.05) is 31.5 Å². The third kappa shape index (κ3) is 3.52. The summed E-state index contributed by atoms with van der Waals surface area (Å²) in [5.41, 5.74) is 6.06. The van der Waals surface area contributed by atoms with Crippen molar-refractivity contribution < 1.29 is 14.3 Å². The third-order valence-electron chi connectivity index (χ3n) is 4.10. The molecular weight excluding hydrogens is 322 g/mol. The Hall–Kier alpha value is -3.16. The van der Waals surface area contributed by atoms with Gasteiger partial charge in [-0.3, -0.25) is 9.59 Å². The number of hydrogen-bond donors (Lipinski definition) is 2. The number of benzene rings is 1. The first-order chi connectivity index (χ1) is 12.1. The van der Waals surface area contributed by atoms with Crippen molar-refractivity contribution in [2.45, 2.75) is 12.5 Å². The molecule has 2 heterocycles. The van der Waals surface area contributed by atoms with Gasteiger partial charge in [-0.15, -0.1) is 0 Å². The Bertz CT molecular complexity index is 795. The molecular formula is C17H19N5O3. The van der Waals surface area contributed by atoms with Crippen LogP contribution < -0.4 is 20.7 Å². The van der Waals surface area contributed by atoms with Crippen LogP contribution in [-0.2, 0) is 0 Å². The Morgan fingerprint density at radius 2 is 1.96 bits per heavy atom.